The molecule has 0 aliphatic heterocycles. The second-order valence-corrected chi connectivity index (χ2v) is 5.21. The van der Waals surface area contributed by atoms with Crippen molar-refractivity contribution in [3.8, 4) is 11.5 Å². The van der Waals surface area contributed by atoms with Gasteiger partial charge in [-0.3, -0.25) is 4.79 Å². The average Bonchev–Trinajstić information content (AvgIpc) is 3.00. The standard InChI is InChI=1S/C16H24N2O3/c1-3-21-14-9-8-13(10-15(14)20-2)18-16(19)11-17-12-6-4-5-7-12/h8-10,12,17H,3-7,11H2,1-2H3,(H,18,19). The van der Waals surface area contributed by atoms with Crippen molar-refractivity contribution in [3.05, 3.63) is 18.2 Å². The zero-order valence-electron chi connectivity index (χ0n) is 12.8. The Kier molecular flexibility index (Phi) is 5.87. The minimum atomic E-state index is -0.0342. The van der Waals surface area contributed by atoms with Gasteiger partial charge in [-0.05, 0) is 31.9 Å². The van der Waals surface area contributed by atoms with Crippen molar-refractivity contribution in [2.45, 2.75) is 38.6 Å². The smallest absolute Gasteiger partial charge is 0.238 e. The summed E-state index contributed by atoms with van der Waals surface area (Å²) >= 11 is 0. The van der Waals surface area contributed by atoms with E-state index < -0.39 is 0 Å². The normalized spacial score (nSPS) is 15.0. The van der Waals surface area contributed by atoms with Crippen LogP contribution in [0, 0.1) is 0 Å². The van der Waals surface area contributed by atoms with Crippen molar-refractivity contribution in [3.63, 3.8) is 0 Å². The maximum Gasteiger partial charge on any atom is 0.238 e. The highest BCUT2D eigenvalue weighted by Gasteiger charge is 2.15. The molecule has 2 N–H and O–H groups in total. The number of hydrogen-bond acceptors (Lipinski definition) is 4. The quantitative estimate of drug-likeness (QED) is 0.811. The lowest BCUT2D eigenvalue weighted by Gasteiger charge is -2.13. The predicted octanol–water partition coefficient (Wildman–Crippen LogP) is 2.56. The Balaban J connectivity index is 1.87. The van der Waals surface area contributed by atoms with Crippen molar-refractivity contribution in [2.24, 2.45) is 0 Å². The Morgan fingerprint density at radius 2 is 2.05 bits per heavy atom. The molecular formula is C16H24N2O3. The molecule has 1 fully saturated rings. The van der Waals surface area contributed by atoms with Gasteiger partial charge in [0, 0.05) is 17.8 Å². The molecule has 5 nitrogen and oxygen atoms in total. The third-order valence-corrected chi connectivity index (χ3v) is 3.65. The molecule has 0 unspecified atom stereocenters. The lowest BCUT2D eigenvalue weighted by molar-refractivity contribution is -0.115. The molecule has 0 radical (unpaired) electrons. The van der Waals surface area contributed by atoms with E-state index in [9.17, 15) is 4.79 Å². The van der Waals surface area contributed by atoms with Crippen LogP contribution >= 0.6 is 0 Å². The summed E-state index contributed by atoms with van der Waals surface area (Å²) in [7, 11) is 1.59. The third kappa shape index (κ3) is 4.63. The first-order valence-electron chi connectivity index (χ1n) is 7.57. The molecule has 5 heteroatoms. The molecule has 1 aliphatic rings. The maximum absolute atomic E-state index is 11.9. The van der Waals surface area contributed by atoms with Crippen molar-refractivity contribution >= 4 is 11.6 Å². The van der Waals surface area contributed by atoms with Crippen LogP contribution < -0.4 is 20.1 Å². The van der Waals surface area contributed by atoms with E-state index in [4.69, 9.17) is 9.47 Å². The Hall–Kier alpha value is -1.75. The fourth-order valence-corrected chi connectivity index (χ4v) is 2.59. The van der Waals surface area contributed by atoms with E-state index in [0.717, 1.165) is 0 Å². The highest BCUT2D eigenvalue weighted by Crippen LogP contribution is 2.30. The zero-order valence-corrected chi connectivity index (χ0v) is 12.8. The van der Waals surface area contributed by atoms with Gasteiger partial charge < -0.3 is 20.1 Å². The second kappa shape index (κ2) is 7.88. The number of ether oxygens (including phenoxy) is 2. The van der Waals surface area contributed by atoms with E-state index in [-0.39, 0.29) is 5.91 Å². The fourth-order valence-electron chi connectivity index (χ4n) is 2.59. The third-order valence-electron chi connectivity index (χ3n) is 3.65. The average molecular weight is 292 g/mol. The number of carbonyl (C=O) groups excluding carboxylic acids is 1. The molecule has 0 saturated heterocycles. The fraction of sp³-hybridized carbons (Fsp3) is 0.562. The highest BCUT2D eigenvalue weighted by molar-refractivity contribution is 5.92. The molecule has 116 valence electrons. The van der Waals surface area contributed by atoms with Gasteiger partial charge in [-0.1, -0.05) is 12.8 Å². The molecule has 0 atom stereocenters. The molecule has 0 heterocycles. The van der Waals surface area contributed by atoms with Crippen molar-refractivity contribution < 1.29 is 14.3 Å². The number of carbonyl (C=O) groups is 1. The van der Waals surface area contributed by atoms with Crippen LogP contribution in [0.3, 0.4) is 0 Å². The Morgan fingerprint density at radius 3 is 2.71 bits per heavy atom. The van der Waals surface area contributed by atoms with Crippen LogP contribution in [-0.2, 0) is 4.79 Å². The maximum atomic E-state index is 11.9. The lowest BCUT2D eigenvalue weighted by Crippen LogP contribution is -2.34. The number of benzene rings is 1. The number of rotatable bonds is 7. The molecule has 1 aromatic carbocycles. The summed E-state index contributed by atoms with van der Waals surface area (Å²) in [5.74, 6) is 1.27. The van der Waals surface area contributed by atoms with Crippen LogP contribution in [-0.4, -0.2) is 32.2 Å². The summed E-state index contributed by atoms with van der Waals surface area (Å²) in [6, 6.07) is 5.90. The van der Waals surface area contributed by atoms with E-state index in [2.05, 4.69) is 10.6 Å². The molecule has 0 bridgehead atoms. The van der Waals surface area contributed by atoms with Crippen LogP contribution in [0.5, 0.6) is 11.5 Å². The van der Waals surface area contributed by atoms with Crippen LogP contribution in [0.1, 0.15) is 32.6 Å². The van der Waals surface area contributed by atoms with Crippen molar-refractivity contribution in [1.82, 2.24) is 5.32 Å². The summed E-state index contributed by atoms with van der Waals surface area (Å²) in [6.07, 6.45) is 4.86. The van der Waals surface area contributed by atoms with E-state index in [0.29, 0.717) is 36.4 Å². The number of nitrogens with one attached hydrogen (secondary N) is 2. The summed E-state index contributed by atoms with van der Waals surface area (Å²) in [6.45, 7) is 2.84. The van der Waals surface area contributed by atoms with Crippen LogP contribution in [0.2, 0.25) is 0 Å². The number of amides is 1. The van der Waals surface area contributed by atoms with E-state index >= 15 is 0 Å². The summed E-state index contributed by atoms with van der Waals surface area (Å²) in [4.78, 5) is 11.9. The topological polar surface area (TPSA) is 59.6 Å². The minimum absolute atomic E-state index is 0.0342. The van der Waals surface area contributed by atoms with Crippen molar-refractivity contribution in [1.29, 1.82) is 0 Å². The van der Waals surface area contributed by atoms with E-state index in [1.807, 2.05) is 19.1 Å². The van der Waals surface area contributed by atoms with Gasteiger partial charge in [-0.2, -0.15) is 0 Å². The molecule has 0 aromatic heterocycles. The zero-order chi connectivity index (χ0) is 15.1. The predicted molar refractivity (Wildman–Crippen MR) is 83.1 cm³/mol. The molecule has 21 heavy (non-hydrogen) atoms. The summed E-state index contributed by atoms with van der Waals surface area (Å²) in [5.41, 5.74) is 0.716. The van der Waals surface area contributed by atoms with Crippen molar-refractivity contribution in [2.75, 3.05) is 25.6 Å². The molecular weight excluding hydrogens is 268 g/mol. The summed E-state index contributed by atoms with van der Waals surface area (Å²) in [5, 5.41) is 6.17. The Labute approximate surface area is 126 Å². The largest absolute Gasteiger partial charge is 0.493 e. The Morgan fingerprint density at radius 1 is 1.29 bits per heavy atom. The van der Waals surface area contributed by atoms with Gasteiger partial charge in [0.05, 0.1) is 20.3 Å². The SMILES string of the molecule is CCOc1ccc(NC(=O)CNC2CCCC2)cc1OC. The van der Waals surface area contributed by atoms with Gasteiger partial charge in [-0.25, -0.2) is 0 Å². The van der Waals surface area contributed by atoms with E-state index in [1.165, 1.54) is 25.7 Å². The van der Waals surface area contributed by atoms with Gasteiger partial charge in [0.2, 0.25) is 5.91 Å². The van der Waals surface area contributed by atoms with Crippen LogP contribution in [0.25, 0.3) is 0 Å². The number of methoxy groups -OCH3 is 1. The molecule has 0 spiro atoms. The first-order chi connectivity index (χ1) is 10.2. The van der Waals surface area contributed by atoms with Crippen LogP contribution in [0.15, 0.2) is 18.2 Å². The highest BCUT2D eigenvalue weighted by atomic mass is 16.5. The number of anilines is 1. The molecule has 1 aliphatic carbocycles. The van der Waals surface area contributed by atoms with Gasteiger partial charge >= 0.3 is 0 Å². The summed E-state index contributed by atoms with van der Waals surface area (Å²) < 4.78 is 10.7. The van der Waals surface area contributed by atoms with Gasteiger partial charge in [-0.15, -0.1) is 0 Å². The molecule has 2 rings (SSSR count). The first kappa shape index (κ1) is 15.6. The molecule has 1 amide bonds. The van der Waals surface area contributed by atoms with Gasteiger partial charge in [0.25, 0.3) is 0 Å². The molecule has 1 saturated carbocycles. The first-order valence-corrected chi connectivity index (χ1v) is 7.57. The lowest BCUT2D eigenvalue weighted by atomic mass is 10.2. The Bertz CT molecular complexity index is 471. The van der Waals surface area contributed by atoms with E-state index in [1.54, 1.807) is 13.2 Å². The number of hydrogen-bond donors (Lipinski definition) is 2. The minimum Gasteiger partial charge on any atom is -0.493 e. The van der Waals surface area contributed by atoms with Gasteiger partial charge in [0.15, 0.2) is 11.5 Å². The second-order valence-electron chi connectivity index (χ2n) is 5.21. The van der Waals surface area contributed by atoms with Crippen LogP contribution in [0.4, 0.5) is 5.69 Å². The van der Waals surface area contributed by atoms with Gasteiger partial charge in [0.1, 0.15) is 0 Å². The molecule has 1 aromatic rings. The monoisotopic (exact) mass is 292 g/mol.